The van der Waals surface area contributed by atoms with Crippen LogP contribution in [0.3, 0.4) is 0 Å². The van der Waals surface area contributed by atoms with Gasteiger partial charge in [-0.3, -0.25) is 4.68 Å². The molecule has 1 aromatic heterocycles. The van der Waals surface area contributed by atoms with E-state index in [0.29, 0.717) is 0 Å². The maximum absolute atomic E-state index is 9.27. The van der Waals surface area contributed by atoms with Gasteiger partial charge in [0.15, 0.2) is 0 Å². The van der Waals surface area contributed by atoms with Gasteiger partial charge in [0.05, 0.1) is 18.8 Å². The molecule has 0 saturated carbocycles. The van der Waals surface area contributed by atoms with Gasteiger partial charge in [-0.15, -0.1) is 0 Å². The summed E-state index contributed by atoms with van der Waals surface area (Å²) in [6.07, 6.45) is 0. The summed E-state index contributed by atoms with van der Waals surface area (Å²) < 4.78 is 1.95. The standard InChI is InChI=1S/C14H18N2O/c1-10-5-4-6-13(7-10)8-16-12(3)14(9-17)11(2)15-16/h4-7,17H,8-9H2,1-3H3. The molecule has 3 heteroatoms. The van der Waals surface area contributed by atoms with E-state index in [2.05, 4.69) is 36.3 Å². The Balaban J connectivity index is 2.30. The lowest BCUT2D eigenvalue weighted by atomic mass is 10.1. The Hall–Kier alpha value is -1.61. The number of aliphatic hydroxyl groups is 1. The van der Waals surface area contributed by atoms with Crippen LogP contribution in [0.5, 0.6) is 0 Å². The first-order valence-electron chi connectivity index (χ1n) is 5.81. The van der Waals surface area contributed by atoms with Gasteiger partial charge in [0.1, 0.15) is 0 Å². The molecule has 0 aliphatic carbocycles. The molecule has 0 aliphatic rings. The third-order valence-corrected chi connectivity index (χ3v) is 3.10. The zero-order chi connectivity index (χ0) is 12.4. The van der Waals surface area contributed by atoms with Gasteiger partial charge < -0.3 is 5.11 Å². The molecule has 17 heavy (non-hydrogen) atoms. The topological polar surface area (TPSA) is 38.0 Å². The number of hydrogen-bond donors (Lipinski definition) is 1. The average Bonchev–Trinajstić information content (AvgIpc) is 2.54. The molecule has 0 spiro atoms. The van der Waals surface area contributed by atoms with Crippen molar-refractivity contribution in [1.29, 1.82) is 0 Å². The van der Waals surface area contributed by atoms with E-state index in [0.717, 1.165) is 23.5 Å². The van der Waals surface area contributed by atoms with Crippen molar-refractivity contribution in [1.82, 2.24) is 9.78 Å². The number of aryl methyl sites for hydroxylation is 2. The lowest BCUT2D eigenvalue weighted by Gasteiger charge is -2.06. The first-order valence-corrected chi connectivity index (χ1v) is 5.81. The molecule has 1 heterocycles. The summed E-state index contributed by atoms with van der Waals surface area (Å²) in [7, 11) is 0. The first kappa shape index (κ1) is 11.9. The zero-order valence-corrected chi connectivity index (χ0v) is 10.6. The van der Waals surface area contributed by atoms with Crippen molar-refractivity contribution in [2.75, 3.05) is 0 Å². The lowest BCUT2D eigenvalue weighted by molar-refractivity contribution is 0.280. The Morgan fingerprint density at radius 3 is 2.59 bits per heavy atom. The predicted octanol–water partition coefficient (Wildman–Crippen LogP) is 2.35. The normalized spacial score (nSPS) is 10.8. The van der Waals surface area contributed by atoms with Gasteiger partial charge in [-0.1, -0.05) is 29.8 Å². The van der Waals surface area contributed by atoms with Gasteiger partial charge in [0.25, 0.3) is 0 Å². The highest BCUT2D eigenvalue weighted by Crippen LogP contribution is 2.15. The van der Waals surface area contributed by atoms with Crippen LogP contribution in [-0.4, -0.2) is 14.9 Å². The van der Waals surface area contributed by atoms with Crippen molar-refractivity contribution >= 4 is 0 Å². The van der Waals surface area contributed by atoms with Gasteiger partial charge in [-0.2, -0.15) is 5.10 Å². The summed E-state index contributed by atoms with van der Waals surface area (Å²) >= 11 is 0. The number of rotatable bonds is 3. The Morgan fingerprint density at radius 2 is 2.00 bits per heavy atom. The minimum Gasteiger partial charge on any atom is -0.392 e. The van der Waals surface area contributed by atoms with E-state index in [1.54, 1.807) is 0 Å². The largest absolute Gasteiger partial charge is 0.392 e. The predicted molar refractivity (Wildman–Crippen MR) is 67.9 cm³/mol. The fourth-order valence-electron chi connectivity index (χ4n) is 2.10. The maximum atomic E-state index is 9.27. The molecule has 1 N–H and O–H groups in total. The molecule has 3 nitrogen and oxygen atoms in total. The van der Waals surface area contributed by atoms with Crippen molar-refractivity contribution in [2.24, 2.45) is 0 Å². The van der Waals surface area contributed by atoms with E-state index >= 15 is 0 Å². The summed E-state index contributed by atoms with van der Waals surface area (Å²) in [5, 5.41) is 13.7. The monoisotopic (exact) mass is 230 g/mol. The number of aliphatic hydroxyl groups excluding tert-OH is 1. The molecule has 0 radical (unpaired) electrons. The fourth-order valence-corrected chi connectivity index (χ4v) is 2.10. The number of hydrogen-bond acceptors (Lipinski definition) is 2. The van der Waals surface area contributed by atoms with Crippen molar-refractivity contribution < 1.29 is 5.11 Å². The molecule has 0 amide bonds. The van der Waals surface area contributed by atoms with Gasteiger partial charge in [-0.25, -0.2) is 0 Å². The zero-order valence-electron chi connectivity index (χ0n) is 10.6. The minimum absolute atomic E-state index is 0.0610. The highest BCUT2D eigenvalue weighted by atomic mass is 16.3. The summed E-state index contributed by atoms with van der Waals surface area (Å²) in [5.74, 6) is 0. The summed E-state index contributed by atoms with van der Waals surface area (Å²) in [6.45, 7) is 6.84. The van der Waals surface area contributed by atoms with Crippen LogP contribution in [0.2, 0.25) is 0 Å². The van der Waals surface area contributed by atoms with Crippen LogP contribution in [0.4, 0.5) is 0 Å². The van der Waals surface area contributed by atoms with Crippen LogP contribution in [0, 0.1) is 20.8 Å². The highest BCUT2D eigenvalue weighted by molar-refractivity contribution is 5.26. The maximum Gasteiger partial charge on any atom is 0.0718 e. The number of aromatic nitrogens is 2. The molecule has 2 rings (SSSR count). The lowest BCUT2D eigenvalue weighted by Crippen LogP contribution is -2.04. The van der Waals surface area contributed by atoms with Crippen molar-refractivity contribution in [2.45, 2.75) is 33.9 Å². The van der Waals surface area contributed by atoms with Gasteiger partial charge in [-0.05, 0) is 26.3 Å². The van der Waals surface area contributed by atoms with Crippen LogP contribution in [0.25, 0.3) is 0 Å². The summed E-state index contributed by atoms with van der Waals surface area (Å²) in [5.41, 5.74) is 5.40. The Kier molecular flexibility index (Phi) is 3.29. The van der Waals surface area contributed by atoms with Crippen LogP contribution in [0.1, 0.15) is 28.1 Å². The quantitative estimate of drug-likeness (QED) is 0.879. The third-order valence-electron chi connectivity index (χ3n) is 3.10. The third kappa shape index (κ3) is 2.39. The molecular weight excluding hydrogens is 212 g/mol. The second-order valence-corrected chi connectivity index (χ2v) is 4.45. The van der Waals surface area contributed by atoms with E-state index in [-0.39, 0.29) is 6.61 Å². The van der Waals surface area contributed by atoms with Crippen LogP contribution in [0.15, 0.2) is 24.3 Å². The van der Waals surface area contributed by atoms with E-state index in [1.165, 1.54) is 11.1 Å². The molecule has 1 aromatic carbocycles. The SMILES string of the molecule is Cc1cccc(Cn2nc(C)c(CO)c2C)c1. The summed E-state index contributed by atoms with van der Waals surface area (Å²) in [6, 6.07) is 8.41. The Morgan fingerprint density at radius 1 is 1.24 bits per heavy atom. The summed E-state index contributed by atoms with van der Waals surface area (Å²) in [4.78, 5) is 0. The average molecular weight is 230 g/mol. The molecule has 0 fully saturated rings. The van der Waals surface area contributed by atoms with Gasteiger partial charge >= 0.3 is 0 Å². The second-order valence-electron chi connectivity index (χ2n) is 4.45. The van der Waals surface area contributed by atoms with Crippen LogP contribution >= 0.6 is 0 Å². The van der Waals surface area contributed by atoms with Crippen LogP contribution in [-0.2, 0) is 13.2 Å². The number of benzene rings is 1. The van der Waals surface area contributed by atoms with E-state index in [1.807, 2.05) is 18.5 Å². The van der Waals surface area contributed by atoms with E-state index < -0.39 is 0 Å². The molecule has 2 aromatic rings. The van der Waals surface area contributed by atoms with E-state index in [9.17, 15) is 5.11 Å². The Labute approximate surface area is 102 Å². The molecule has 0 atom stereocenters. The van der Waals surface area contributed by atoms with Crippen LogP contribution < -0.4 is 0 Å². The van der Waals surface area contributed by atoms with Crippen molar-refractivity contribution in [3.8, 4) is 0 Å². The molecule has 90 valence electrons. The smallest absolute Gasteiger partial charge is 0.0718 e. The van der Waals surface area contributed by atoms with Crippen molar-refractivity contribution in [3.05, 3.63) is 52.3 Å². The molecule has 0 unspecified atom stereocenters. The molecule has 0 bridgehead atoms. The molecule has 0 saturated heterocycles. The molecular formula is C14H18N2O. The Bertz CT molecular complexity index is 529. The van der Waals surface area contributed by atoms with Crippen molar-refractivity contribution in [3.63, 3.8) is 0 Å². The first-order chi connectivity index (χ1) is 8.11. The second kappa shape index (κ2) is 4.72. The fraction of sp³-hybridized carbons (Fsp3) is 0.357. The van der Waals surface area contributed by atoms with Gasteiger partial charge in [0.2, 0.25) is 0 Å². The molecule has 0 aliphatic heterocycles. The number of nitrogens with zero attached hydrogens (tertiary/aromatic N) is 2. The van der Waals surface area contributed by atoms with E-state index in [4.69, 9.17) is 0 Å². The van der Waals surface area contributed by atoms with Gasteiger partial charge in [0, 0.05) is 11.3 Å². The highest BCUT2D eigenvalue weighted by Gasteiger charge is 2.10. The minimum atomic E-state index is 0.0610.